The van der Waals surface area contributed by atoms with Gasteiger partial charge in [0, 0.05) is 23.0 Å². The molecule has 3 aromatic heterocycles. The van der Waals surface area contributed by atoms with Crippen molar-refractivity contribution in [2.45, 2.75) is 23.5 Å². The molecule has 3 aromatic rings. The topological polar surface area (TPSA) is 203 Å². The number of carboxylic acids is 1. The van der Waals surface area contributed by atoms with Crippen molar-refractivity contribution in [3.05, 3.63) is 22.1 Å². The predicted molar refractivity (Wildman–Crippen MR) is 132 cm³/mol. The highest BCUT2D eigenvalue weighted by Gasteiger charge is 2.54. The Balaban J connectivity index is 1.32. The van der Waals surface area contributed by atoms with E-state index in [2.05, 4.69) is 35.1 Å². The van der Waals surface area contributed by atoms with Gasteiger partial charge in [-0.15, -0.1) is 22.0 Å². The quantitative estimate of drug-likeness (QED) is 0.140. The van der Waals surface area contributed by atoms with E-state index >= 15 is 0 Å². The zero-order chi connectivity index (χ0) is 25.6. The number of aryl methyl sites for hydroxylation is 1. The zero-order valence-corrected chi connectivity index (χ0v) is 21.7. The van der Waals surface area contributed by atoms with Crippen LogP contribution < -0.4 is 11.1 Å². The van der Waals surface area contributed by atoms with E-state index in [0.717, 1.165) is 16.5 Å². The zero-order valence-electron chi connectivity index (χ0n) is 18.4. The van der Waals surface area contributed by atoms with E-state index in [-0.39, 0.29) is 28.1 Å². The number of amides is 2. The minimum absolute atomic E-state index is 0.0416. The van der Waals surface area contributed by atoms with Crippen LogP contribution in [0.5, 0.6) is 0 Å². The number of hydrogen-bond donors (Lipinski definition) is 3. The second kappa shape index (κ2) is 9.64. The van der Waals surface area contributed by atoms with Crippen molar-refractivity contribution < 1.29 is 24.3 Å². The highest BCUT2D eigenvalue weighted by molar-refractivity contribution is 8.01. The predicted octanol–water partition coefficient (Wildman–Crippen LogP) is -0.191. The van der Waals surface area contributed by atoms with Crippen LogP contribution in [0.2, 0.25) is 0 Å². The molecule has 0 unspecified atom stereocenters. The second-order valence-electron chi connectivity index (χ2n) is 7.28. The first kappa shape index (κ1) is 24.4. The third kappa shape index (κ3) is 4.27. The number of nitrogens with zero attached hydrogens (tertiary/aromatic N) is 8. The number of carboxylic acid groups (broad SMARTS) is 1. The van der Waals surface area contributed by atoms with Gasteiger partial charge in [-0.3, -0.25) is 14.5 Å². The molecule has 19 heteroatoms. The van der Waals surface area contributed by atoms with Gasteiger partial charge in [0.25, 0.3) is 11.8 Å². The fourth-order valence-electron chi connectivity index (χ4n) is 3.55. The normalized spacial score (nSPS) is 19.9. The average Bonchev–Trinajstić information content (AvgIpc) is 3.54. The van der Waals surface area contributed by atoms with Gasteiger partial charge in [-0.05, 0) is 12.5 Å². The molecule has 2 amide bonds. The molecule has 0 aromatic carbocycles. The molecule has 2 atom stereocenters. The first-order valence-corrected chi connectivity index (χ1v) is 13.6. The Hall–Kier alpha value is -3.29. The minimum Gasteiger partial charge on any atom is -0.477 e. The van der Waals surface area contributed by atoms with E-state index in [0.29, 0.717) is 21.4 Å². The van der Waals surface area contributed by atoms with Crippen LogP contribution in [0, 0.1) is 6.92 Å². The van der Waals surface area contributed by atoms with E-state index in [9.17, 15) is 19.5 Å². The molecule has 4 N–H and O–H groups in total. The van der Waals surface area contributed by atoms with Crippen molar-refractivity contribution in [2.24, 2.45) is 5.16 Å². The molecule has 188 valence electrons. The highest BCUT2D eigenvalue weighted by Crippen LogP contribution is 2.41. The fraction of sp³-hybridized carbons (Fsp3) is 0.353. The summed E-state index contributed by atoms with van der Waals surface area (Å²) in [5, 5.41) is 29.5. The lowest BCUT2D eigenvalue weighted by Gasteiger charge is -2.49. The van der Waals surface area contributed by atoms with Crippen molar-refractivity contribution >= 4 is 80.0 Å². The van der Waals surface area contributed by atoms with E-state index in [1.165, 1.54) is 46.9 Å². The van der Waals surface area contributed by atoms with E-state index in [1.807, 2.05) is 6.92 Å². The largest absolute Gasteiger partial charge is 0.477 e. The molecule has 1 fully saturated rings. The molecule has 2 aliphatic rings. The number of nitrogens with two attached hydrogens (primary N) is 1. The summed E-state index contributed by atoms with van der Waals surface area (Å²) in [5.41, 5.74) is 5.79. The van der Waals surface area contributed by atoms with Crippen LogP contribution in [0.25, 0.3) is 4.96 Å². The van der Waals surface area contributed by atoms with Gasteiger partial charge < -0.3 is 21.0 Å². The molecule has 15 nitrogen and oxygen atoms in total. The SMILES string of the molecule is CO/N=C(\C(=O)N[C@@H]1C(=O)N2C(C(=O)O)=C(CSc3nnc4sc(C)nn34)CS[C@H]12)c1nsc(N)n1. The number of β-lactam (4-membered cyclic amide) rings is 1. The molecule has 0 saturated carbocycles. The molecule has 0 spiro atoms. The van der Waals surface area contributed by atoms with Crippen molar-refractivity contribution in [2.75, 3.05) is 24.3 Å². The summed E-state index contributed by atoms with van der Waals surface area (Å²) in [5.74, 6) is -1.95. The number of rotatable bonds is 8. The van der Waals surface area contributed by atoms with Crippen molar-refractivity contribution in [1.82, 2.24) is 39.4 Å². The summed E-state index contributed by atoms with van der Waals surface area (Å²) in [6.07, 6.45) is 0. The van der Waals surface area contributed by atoms with Crippen LogP contribution in [-0.4, -0.2) is 92.7 Å². The highest BCUT2D eigenvalue weighted by atomic mass is 32.2. The van der Waals surface area contributed by atoms with Gasteiger partial charge in [-0.25, -0.2) is 4.79 Å². The van der Waals surface area contributed by atoms with Gasteiger partial charge in [-0.2, -0.15) is 19.0 Å². The Labute approximate surface area is 218 Å². The third-order valence-electron chi connectivity index (χ3n) is 5.03. The Kier molecular flexibility index (Phi) is 6.53. The maximum atomic E-state index is 13.0. The summed E-state index contributed by atoms with van der Waals surface area (Å²) in [7, 11) is 1.25. The molecule has 0 bridgehead atoms. The second-order valence-corrected chi connectivity index (χ2v) is 11.3. The van der Waals surface area contributed by atoms with Gasteiger partial charge in [0.15, 0.2) is 5.13 Å². The molecular formula is C17H16N10O5S4. The number of thioether (sulfide) groups is 2. The van der Waals surface area contributed by atoms with Crippen molar-refractivity contribution in [1.29, 1.82) is 0 Å². The molecule has 5 heterocycles. The fourth-order valence-corrected chi connectivity index (χ4v) is 7.09. The monoisotopic (exact) mass is 568 g/mol. The van der Waals surface area contributed by atoms with Gasteiger partial charge in [-0.1, -0.05) is 28.3 Å². The van der Waals surface area contributed by atoms with Crippen molar-refractivity contribution in [3.8, 4) is 0 Å². The maximum Gasteiger partial charge on any atom is 0.352 e. The standard InChI is InChI=1S/C17H16N10O5S4/c1-5-23-27-16(21-22-17(27)35-5)34-4-6-3-33-13-8(12(29)26(13)9(6)14(30)31)19-11(28)7(24-32-2)10-20-15(18)36-25-10/h8,13H,3-4H2,1-2H3,(H,19,28)(H,30,31)(H2,18,20,25)/b24-7-/t8-,13-/m1/s1. The first-order valence-electron chi connectivity index (χ1n) is 10.0. The number of aliphatic carboxylic acids is 1. The molecule has 36 heavy (non-hydrogen) atoms. The molecule has 0 radical (unpaired) electrons. The van der Waals surface area contributed by atoms with Gasteiger partial charge in [0.1, 0.15) is 29.2 Å². The lowest BCUT2D eigenvalue weighted by molar-refractivity contribution is -0.150. The molecule has 1 saturated heterocycles. The van der Waals surface area contributed by atoms with E-state index < -0.39 is 29.2 Å². The van der Waals surface area contributed by atoms with Crippen LogP contribution in [0.4, 0.5) is 5.13 Å². The number of nitrogen functional groups attached to an aromatic ring is 1. The molecule has 5 rings (SSSR count). The van der Waals surface area contributed by atoms with Crippen LogP contribution in [0.3, 0.4) is 0 Å². The van der Waals surface area contributed by atoms with Crippen LogP contribution >= 0.6 is 46.4 Å². The number of oxime groups is 1. The minimum atomic E-state index is -1.23. The van der Waals surface area contributed by atoms with Gasteiger partial charge in [0.05, 0.1) is 0 Å². The van der Waals surface area contributed by atoms with Crippen LogP contribution in [-0.2, 0) is 19.2 Å². The number of fused-ring (bicyclic) bond motifs is 2. The van der Waals surface area contributed by atoms with Crippen LogP contribution in [0.15, 0.2) is 21.6 Å². The van der Waals surface area contributed by atoms with Gasteiger partial charge in [0.2, 0.25) is 21.7 Å². The summed E-state index contributed by atoms with van der Waals surface area (Å²) >= 11 is 4.90. The lowest BCUT2D eigenvalue weighted by atomic mass is 10.0. The lowest BCUT2D eigenvalue weighted by Crippen LogP contribution is -2.71. The Morgan fingerprint density at radius 3 is 2.89 bits per heavy atom. The average molecular weight is 569 g/mol. The maximum absolute atomic E-state index is 13.0. The summed E-state index contributed by atoms with van der Waals surface area (Å²) in [4.78, 5) is 48.4. The number of carbonyl (C=O) groups excluding carboxylic acids is 2. The number of anilines is 1. The Bertz CT molecular complexity index is 1440. The van der Waals surface area contributed by atoms with Gasteiger partial charge >= 0.3 is 5.97 Å². The first-order chi connectivity index (χ1) is 17.3. The van der Waals surface area contributed by atoms with Crippen LogP contribution in [0.1, 0.15) is 10.8 Å². The Morgan fingerprint density at radius 1 is 1.39 bits per heavy atom. The van der Waals surface area contributed by atoms with Crippen molar-refractivity contribution in [3.63, 3.8) is 0 Å². The number of hydrogen-bond acceptors (Lipinski definition) is 15. The third-order valence-corrected chi connectivity index (χ3v) is 8.73. The molecule has 2 aliphatic heterocycles. The molecular weight excluding hydrogens is 553 g/mol. The Morgan fingerprint density at radius 2 is 2.19 bits per heavy atom. The van der Waals surface area contributed by atoms with E-state index in [4.69, 9.17) is 10.6 Å². The summed E-state index contributed by atoms with van der Waals surface area (Å²) in [6, 6.07) is -0.960. The number of aromatic nitrogens is 6. The summed E-state index contributed by atoms with van der Waals surface area (Å²) in [6.45, 7) is 1.86. The number of carbonyl (C=O) groups is 3. The summed E-state index contributed by atoms with van der Waals surface area (Å²) < 4.78 is 5.55. The number of nitrogens with one attached hydrogen (secondary N) is 1. The smallest absolute Gasteiger partial charge is 0.352 e. The molecule has 0 aliphatic carbocycles. The van der Waals surface area contributed by atoms with E-state index in [1.54, 1.807) is 4.52 Å².